The molecule has 2 rings (SSSR count). The van der Waals surface area contributed by atoms with Gasteiger partial charge in [-0.05, 0) is 33.3 Å². The van der Waals surface area contributed by atoms with Crippen LogP contribution in [0.2, 0.25) is 0 Å². The molecule has 0 atom stereocenters. The van der Waals surface area contributed by atoms with Crippen molar-refractivity contribution < 1.29 is 4.52 Å². The van der Waals surface area contributed by atoms with Crippen molar-refractivity contribution >= 4 is 11.4 Å². The minimum Gasteiger partial charge on any atom is -0.359 e. The van der Waals surface area contributed by atoms with Gasteiger partial charge in [0.15, 0.2) is 5.82 Å². The molecule has 3 nitrogen and oxygen atoms in total. The van der Waals surface area contributed by atoms with Crippen molar-refractivity contribution in [2.75, 3.05) is 5.32 Å². The highest BCUT2D eigenvalue weighted by atomic mass is 16.5. The lowest BCUT2D eigenvalue weighted by molar-refractivity contribution is 0.398. The van der Waals surface area contributed by atoms with Crippen LogP contribution in [0.3, 0.4) is 0 Å². The zero-order chi connectivity index (χ0) is 9.64. The van der Waals surface area contributed by atoms with Gasteiger partial charge in [0.1, 0.15) is 5.76 Å². The van der Waals surface area contributed by atoms with Crippen molar-refractivity contribution in [1.82, 2.24) is 5.16 Å². The van der Waals surface area contributed by atoms with Gasteiger partial charge in [0, 0.05) is 0 Å². The average Bonchev–Trinajstić information content (AvgIpc) is 2.28. The van der Waals surface area contributed by atoms with Crippen LogP contribution in [-0.4, -0.2) is 10.7 Å². The summed E-state index contributed by atoms with van der Waals surface area (Å²) in [6.45, 7) is 8.25. The van der Waals surface area contributed by atoms with Crippen molar-refractivity contribution in [3.05, 3.63) is 17.4 Å². The number of hydrogen-bond acceptors (Lipinski definition) is 3. The molecule has 2 heterocycles. The lowest BCUT2D eigenvalue weighted by atomic mass is 9.93. The van der Waals surface area contributed by atoms with Crippen LogP contribution in [-0.2, 0) is 0 Å². The molecule has 0 amide bonds. The summed E-state index contributed by atoms with van der Waals surface area (Å²) in [5.74, 6) is 1.74. The number of aromatic nitrogens is 1. The monoisotopic (exact) mass is 178 g/mol. The van der Waals surface area contributed by atoms with Crippen LogP contribution >= 0.6 is 0 Å². The van der Waals surface area contributed by atoms with Crippen molar-refractivity contribution in [2.45, 2.75) is 33.2 Å². The summed E-state index contributed by atoms with van der Waals surface area (Å²) in [6, 6.07) is 0. The first-order valence-electron chi connectivity index (χ1n) is 4.44. The van der Waals surface area contributed by atoms with E-state index in [1.807, 2.05) is 6.92 Å². The molecule has 0 fully saturated rings. The molecule has 1 aliphatic heterocycles. The molecule has 1 aromatic heterocycles. The van der Waals surface area contributed by atoms with Gasteiger partial charge in [0.25, 0.3) is 0 Å². The maximum atomic E-state index is 5.13. The molecule has 3 heteroatoms. The molecule has 0 aromatic carbocycles. The van der Waals surface area contributed by atoms with E-state index in [9.17, 15) is 0 Å². The number of aryl methyl sites for hydroxylation is 1. The van der Waals surface area contributed by atoms with E-state index in [0.717, 1.165) is 17.1 Å². The fourth-order valence-electron chi connectivity index (χ4n) is 1.88. The van der Waals surface area contributed by atoms with Crippen LogP contribution in [0.1, 0.15) is 32.1 Å². The molecule has 1 aliphatic rings. The summed E-state index contributed by atoms with van der Waals surface area (Å²) in [5.41, 5.74) is 2.32. The Balaban J connectivity index is 2.57. The van der Waals surface area contributed by atoms with Gasteiger partial charge in [0.05, 0.1) is 11.1 Å². The Hall–Kier alpha value is -1.25. The number of nitrogens with one attached hydrogen (secondary N) is 1. The zero-order valence-corrected chi connectivity index (χ0v) is 8.43. The molecule has 0 radical (unpaired) electrons. The molecule has 0 spiro atoms. The van der Waals surface area contributed by atoms with E-state index < -0.39 is 0 Å². The highest BCUT2D eigenvalue weighted by molar-refractivity contribution is 5.78. The van der Waals surface area contributed by atoms with Crippen LogP contribution in [0.4, 0.5) is 5.82 Å². The lowest BCUT2D eigenvalue weighted by Crippen LogP contribution is -2.31. The predicted molar refractivity (Wildman–Crippen MR) is 52.6 cm³/mol. The quantitative estimate of drug-likeness (QED) is 0.663. The highest BCUT2D eigenvalue weighted by Gasteiger charge is 2.26. The molecule has 0 bridgehead atoms. The second kappa shape index (κ2) is 2.37. The normalized spacial score (nSPS) is 18.9. The van der Waals surface area contributed by atoms with Crippen molar-refractivity contribution in [3.8, 4) is 0 Å². The summed E-state index contributed by atoms with van der Waals surface area (Å²) in [6.07, 6.45) is 2.19. The number of hydrogen-bond donors (Lipinski definition) is 1. The predicted octanol–water partition coefficient (Wildman–Crippen LogP) is 2.59. The van der Waals surface area contributed by atoms with Gasteiger partial charge >= 0.3 is 0 Å². The summed E-state index contributed by atoms with van der Waals surface area (Å²) in [4.78, 5) is 0. The fourth-order valence-corrected chi connectivity index (χ4v) is 1.88. The fraction of sp³-hybridized carbons (Fsp3) is 0.500. The van der Waals surface area contributed by atoms with E-state index >= 15 is 0 Å². The third kappa shape index (κ3) is 1.24. The van der Waals surface area contributed by atoms with Gasteiger partial charge in [-0.15, -0.1) is 0 Å². The van der Waals surface area contributed by atoms with Crippen LogP contribution in [0.25, 0.3) is 5.57 Å². The molecular formula is C10H14N2O. The van der Waals surface area contributed by atoms with E-state index in [2.05, 4.69) is 37.3 Å². The standard InChI is InChI=1S/C10H14N2O/c1-6-5-10(3,4)11-9-8(6)7(2)13-12-9/h5H,1-4H3,(H,11,12). The Bertz CT molecular complexity index is 374. The minimum absolute atomic E-state index is 0.0274. The second-order valence-corrected chi connectivity index (χ2v) is 4.14. The molecule has 0 saturated carbocycles. The SMILES string of the molecule is CC1=CC(C)(C)Nc2noc(C)c21. The summed E-state index contributed by atoms with van der Waals surface area (Å²) >= 11 is 0. The average molecular weight is 178 g/mol. The molecule has 0 saturated heterocycles. The summed E-state index contributed by atoms with van der Waals surface area (Å²) in [7, 11) is 0. The first-order chi connectivity index (χ1) is 5.99. The van der Waals surface area contributed by atoms with Crippen LogP contribution in [0.5, 0.6) is 0 Å². The molecule has 0 unspecified atom stereocenters. The molecule has 13 heavy (non-hydrogen) atoms. The Morgan fingerprint density at radius 3 is 2.77 bits per heavy atom. The Kier molecular flexibility index (Phi) is 1.53. The third-order valence-electron chi connectivity index (χ3n) is 2.27. The van der Waals surface area contributed by atoms with E-state index in [0.29, 0.717) is 0 Å². The number of rotatable bonds is 0. The maximum absolute atomic E-state index is 5.13. The van der Waals surface area contributed by atoms with Crippen LogP contribution < -0.4 is 5.32 Å². The first kappa shape index (κ1) is 8.35. The number of allylic oxidation sites excluding steroid dienone is 1. The number of fused-ring (bicyclic) bond motifs is 1. The molecular weight excluding hydrogens is 164 g/mol. The first-order valence-corrected chi connectivity index (χ1v) is 4.44. The Labute approximate surface area is 77.8 Å². The largest absolute Gasteiger partial charge is 0.359 e. The van der Waals surface area contributed by atoms with Gasteiger partial charge < -0.3 is 9.84 Å². The van der Waals surface area contributed by atoms with Gasteiger partial charge in [-0.3, -0.25) is 0 Å². The number of anilines is 1. The van der Waals surface area contributed by atoms with E-state index in [4.69, 9.17) is 4.52 Å². The van der Waals surface area contributed by atoms with E-state index in [1.165, 1.54) is 5.57 Å². The van der Waals surface area contributed by atoms with Crippen molar-refractivity contribution in [3.63, 3.8) is 0 Å². The van der Waals surface area contributed by atoms with Gasteiger partial charge in [0.2, 0.25) is 0 Å². The summed E-state index contributed by atoms with van der Waals surface area (Å²) < 4.78 is 5.13. The van der Waals surface area contributed by atoms with Gasteiger partial charge in [-0.25, -0.2) is 0 Å². The highest BCUT2D eigenvalue weighted by Crippen LogP contribution is 2.34. The second-order valence-electron chi connectivity index (χ2n) is 4.14. The number of nitrogens with zero attached hydrogens (tertiary/aromatic N) is 1. The minimum atomic E-state index is -0.0274. The summed E-state index contributed by atoms with van der Waals surface area (Å²) in [5, 5.41) is 7.28. The maximum Gasteiger partial charge on any atom is 0.177 e. The van der Waals surface area contributed by atoms with Crippen molar-refractivity contribution in [1.29, 1.82) is 0 Å². The Morgan fingerprint density at radius 2 is 2.08 bits per heavy atom. The van der Waals surface area contributed by atoms with E-state index in [1.54, 1.807) is 0 Å². The molecule has 0 aliphatic carbocycles. The van der Waals surface area contributed by atoms with Gasteiger partial charge in [-0.1, -0.05) is 11.2 Å². The zero-order valence-electron chi connectivity index (χ0n) is 8.43. The van der Waals surface area contributed by atoms with Gasteiger partial charge in [-0.2, -0.15) is 0 Å². The lowest BCUT2D eigenvalue weighted by Gasteiger charge is -2.27. The third-order valence-corrected chi connectivity index (χ3v) is 2.27. The topological polar surface area (TPSA) is 38.1 Å². The molecule has 1 aromatic rings. The molecule has 70 valence electrons. The van der Waals surface area contributed by atoms with Crippen LogP contribution in [0.15, 0.2) is 10.6 Å². The van der Waals surface area contributed by atoms with Crippen molar-refractivity contribution in [2.24, 2.45) is 0 Å². The smallest absolute Gasteiger partial charge is 0.177 e. The van der Waals surface area contributed by atoms with Crippen LogP contribution in [0, 0.1) is 6.92 Å². The van der Waals surface area contributed by atoms with E-state index in [-0.39, 0.29) is 5.54 Å². The Morgan fingerprint density at radius 1 is 1.38 bits per heavy atom. The molecule has 1 N–H and O–H groups in total.